The van der Waals surface area contributed by atoms with Crippen molar-refractivity contribution in [2.75, 3.05) is 0 Å². The van der Waals surface area contributed by atoms with E-state index in [1.807, 2.05) is 37.3 Å². The van der Waals surface area contributed by atoms with Gasteiger partial charge in [0.1, 0.15) is 17.4 Å². The molecule has 0 aliphatic heterocycles. The van der Waals surface area contributed by atoms with Gasteiger partial charge in [0.05, 0.1) is 4.90 Å². The molecule has 7 nitrogen and oxygen atoms in total. The van der Waals surface area contributed by atoms with Crippen LogP contribution in [0.15, 0.2) is 80.8 Å². The van der Waals surface area contributed by atoms with Crippen LogP contribution in [0, 0.1) is 13.8 Å². The Balaban J connectivity index is 1.47. The first kappa shape index (κ1) is 25.9. The van der Waals surface area contributed by atoms with E-state index in [1.54, 1.807) is 31.2 Å². The van der Waals surface area contributed by atoms with Crippen molar-refractivity contribution < 1.29 is 22.4 Å². The van der Waals surface area contributed by atoms with E-state index in [-0.39, 0.29) is 22.7 Å². The van der Waals surface area contributed by atoms with Crippen molar-refractivity contribution in [3.05, 3.63) is 105 Å². The molecule has 0 amide bonds. The number of fused-ring (bicyclic) bond motifs is 3. The Hall–Kier alpha value is -3.75. The van der Waals surface area contributed by atoms with E-state index in [0.29, 0.717) is 17.6 Å². The fourth-order valence-corrected chi connectivity index (χ4v) is 6.10. The minimum Gasteiger partial charge on any atom is -0.425 e. The van der Waals surface area contributed by atoms with E-state index >= 15 is 0 Å². The number of carbonyl (C=O) groups is 1. The van der Waals surface area contributed by atoms with Gasteiger partial charge in [-0.25, -0.2) is 18.0 Å². The Morgan fingerprint density at radius 1 is 0.947 bits per heavy atom. The molecule has 4 aromatic rings. The Kier molecular flexibility index (Phi) is 7.19. The average molecular weight is 532 g/mol. The van der Waals surface area contributed by atoms with Crippen LogP contribution in [0.3, 0.4) is 0 Å². The molecule has 0 fully saturated rings. The lowest BCUT2D eigenvalue weighted by Crippen LogP contribution is -2.44. The summed E-state index contributed by atoms with van der Waals surface area (Å²) >= 11 is 0. The maximum Gasteiger partial charge on any atom is 0.339 e. The van der Waals surface area contributed by atoms with Crippen LogP contribution in [0.4, 0.5) is 0 Å². The van der Waals surface area contributed by atoms with Crippen molar-refractivity contribution in [1.29, 1.82) is 0 Å². The highest BCUT2D eigenvalue weighted by atomic mass is 32.2. The lowest BCUT2D eigenvalue weighted by Gasteiger charge is -2.20. The van der Waals surface area contributed by atoms with Crippen LogP contribution in [0.5, 0.6) is 5.75 Å². The molecule has 1 aliphatic rings. The number of carbonyl (C=O) groups excluding carboxylic acids is 1. The van der Waals surface area contributed by atoms with E-state index in [1.165, 1.54) is 12.1 Å². The molecule has 1 atom stereocenters. The van der Waals surface area contributed by atoms with Gasteiger partial charge in [-0.05, 0) is 81.3 Å². The molecule has 0 spiro atoms. The van der Waals surface area contributed by atoms with Gasteiger partial charge in [-0.3, -0.25) is 0 Å². The van der Waals surface area contributed by atoms with Crippen LogP contribution in [0.1, 0.15) is 40.7 Å². The highest BCUT2D eigenvalue weighted by Crippen LogP contribution is 2.32. The number of benzene rings is 3. The Labute approximate surface area is 221 Å². The van der Waals surface area contributed by atoms with E-state index in [9.17, 15) is 18.0 Å². The van der Waals surface area contributed by atoms with E-state index in [2.05, 4.69) is 4.72 Å². The zero-order valence-corrected chi connectivity index (χ0v) is 22.1. The summed E-state index contributed by atoms with van der Waals surface area (Å²) in [5, 5.41) is 0.845. The molecular formula is C30H29NO6S. The van der Waals surface area contributed by atoms with Crippen LogP contribution < -0.4 is 15.1 Å². The Bertz CT molecular complexity index is 1660. The van der Waals surface area contributed by atoms with Gasteiger partial charge in [0, 0.05) is 16.5 Å². The van der Waals surface area contributed by atoms with Crippen molar-refractivity contribution in [3.63, 3.8) is 0 Å². The monoisotopic (exact) mass is 531 g/mol. The van der Waals surface area contributed by atoms with E-state index in [4.69, 9.17) is 9.15 Å². The van der Waals surface area contributed by atoms with Gasteiger partial charge in [0.2, 0.25) is 10.0 Å². The zero-order valence-electron chi connectivity index (χ0n) is 21.3. The van der Waals surface area contributed by atoms with E-state index < -0.39 is 22.0 Å². The number of ether oxygens (including phenoxy) is 1. The van der Waals surface area contributed by atoms with Gasteiger partial charge in [-0.2, -0.15) is 4.72 Å². The lowest BCUT2D eigenvalue weighted by atomic mass is 9.90. The SMILES string of the molecule is Cc1ccc(S(=O)(=O)N[C@@H](Cc2ccccc2)C(=O)Oc2ccc3c4c(c(=O)oc3c2C)CCCC4)cc1. The third-order valence-electron chi connectivity index (χ3n) is 7.00. The minimum absolute atomic E-state index is 0.0578. The Morgan fingerprint density at radius 2 is 1.63 bits per heavy atom. The second-order valence-corrected chi connectivity index (χ2v) is 11.4. The molecule has 5 rings (SSSR count). The largest absolute Gasteiger partial charge is 0.425 e. The minimum atomic E-state index is -4.01. The number of rotatable bonds is 7. The maximum absolute atomic E-state index is 13.4. The van der Waals surface area contributed by atoms with Crippen molar-refractivity contribution in [2.45, 2.75) is 56.9 Å². The van der Waals surface area contributed by atoms with Crippen LogP contribution in [-0.4, -0.2) is 20.4 Å². The highest BCUT2D eigenvalue weighted by molar-refractivity contribution is 7.89. The Morgan fingerprint density at radius 3 is 2.34 bits per heavy atom. The van der Waals surface area contributed by atoms with Gasteiger partial charge < -0.3 is 9.15 Å². The molecule has 0 saturated carbocycles. The molecule has 0 radical (unpaired) electrons. The fourth-order valence-electron chi connectivity index (χ4n) is 4.91. The lowest BCUT2D eigenvalue weighted by molar-refractivity contribution is -0.136. The molecule has 38 heavy (non-hydrogen) atoms. The standard InChI is InChI=1S/C30H29NO6S/c1-19-12-14-22(15-13-19)38(34,35)31-26(18-21-8-4-3-5-9-21)30(33)36-27-17-16-24-23-10-6-7-11-25(23)29(32)37-28(24)20(27)2/h3-5,8-9,12-17,26,31H,6-7,10-11,18H2,1-2H3/t26-/m0/s1. The first-order chi connectivity index (χ1) is 18.2. The smallest absolute Gasteiger partial charge is 0.339 e. The van der Waals surface area contributed by atoms with Crippen molar-refractivity contribution in [2.24, 2.45) is 0 Å². The predicted octanol–water partition coefficient (Wildman–Crippen LogP) is 4.78. The summed E-state index contributed by atoms with van der Waals surface area (Å²) in [7, 11) is -4.01. The van der Waals surface area contributed by atoms with Crippen LogP contribution in [0.2, 0.25) is 0 Å². The molecule has 0 unspecified atom stereocenters. The second kappa shape index (κ2) is 10.6. The van der Waals surface area contributed by atoms with Crippen molar-refractivity contribution in [1.82, 2.24) is 4.72 Å². The van der Waals surface area contributed by atoms with Gasteiger partial charge in [0.15, 0.2) is 0 Å². The summed E-state index contributed by atoms with van der Waals surface area (Å²) in [6, 6.07) is 17.8. The number of hydrogen-bond acceptors (Lipinski definition) is 6. The third-order valence-corrected chi connectivity index (χ3v) is 8.48. The predicted molar refractivity (Wildman–Crippen MR) is 145 cm³/mol. The summed E-state index contributed by atoms with van der Waals surface area (Å²) in [5.41, 5.74) is 3.96. The average Bonchev–Trinajstić information content (AvgIpc) is 2.91. The number of nitrogens with one attached hydrogen (secondary N) is 1. The molecule has 8 heteroatoms. The summed E-state index contributed by atoms with van der Waals surface area (Å²) in [5.74, 6) is -0.540. The number of aryl methyl sites for hydroxylation is 3. The molecule has 3 aromatic carbocycles. The van der Waals surface area contributed by atoms with Gasteiger partial charge in [-0.1, -0.05) is 48.0 Å². The van der Waals surface area contributed by atoms with Gasteiger partial charge in [-0.15, -0.1) is 0 Å². The summed E-state index contributed by atoms with van der Waals surface area (Å²) < 4.78 is 40.2. The van der Waals surface area contributed by atoms with Crippen LogP contribution in [0.25, 0.3) is 11.0 Å². The highest BCUT2D eigenvalue weighted by Gasteiger charge is 2.29. The first-order valence-electron chi connectivity index (χ1n) is 12.7. The number of sulfonamides is 1. The maximum atomic E-state index is 13.4. The molecule has 0 saturated heterocycles. The number of hydrogen-bond donors (Lipinski definition) is 1. The first-order valence-corrected chi connectivity index (χ1v) is 14.1. The summed E-state index contributed by atoms with van der Waals surface area (Å²) in [6.07, 6.45) is 3.56. The number of esters is 1. The second-order valence-electron chi connectivity index (χ2n) is 9.72. The van der Waals surface area contributed by atoms with Gasteiger partial charge in [0.25, 0.3) is 0 Å². The van der Waals surface area contributed by atoms with Gasteiger partial charge >= 0.3 is 11.6 Å². The summed E-state index contributed by atoms with van der Waals surface area (Å²) in [4.78, 5) is 26.1. The topological polar surface area (TPSA) is 103 Å². The molecule has 1 aliphatic carbocycles. The molecular weight excluding hydrogens is 502 g/mol. The molecule has 196 valence electrons. The zero-order chi connectivity index (χ0) is 26.9. The van der Waals surface area contributed by atoms with E-state index in [0.717, 1.165) is 46.9 Å². The van der Waals surface area contributed by atoms with Crippen LogP contribution in [-0.2, 0) is 34.1 Å². The molecule has 1 aromatic heterocycles. The molecule has 1 heterocycles. The van der Waals surface area contributed by atoms with Crippen molar-refractivity contribution >= 4 is 27.0 Å². The normalized spacial score (nSPS) is 14.2. The van der Waals surface area contributed by atoms with Crippen LogP contribution >= 0.6 is 0 Å². The molecule has 1 N–H and O–H groups in total. The fraction of sp³-hybridized carbons (Fsp3) is 0.267. The molecule has 0 bridgehead atoms. The quantitative estimate of drug-likeness (QED) is 0.209. The summed E-state index contributed by atoms with van der Waals surface area (Å²) in [6.45, 7) is 3.59. The third kappa shape index (κ3) is 5.28. The van der Waals surface area contributed by atoms with Crippen molar-refractivity contribution in [3.8, 4) is 5.75 Å².